The SMILES string of the molecule is CCNC(c1ccc(OC)cc1OC)C1CCCOC1. The summed E-state index contributed by atoms with van der Waals surface area (Å²) in [6.07, 6.45) is 2.32. The van der Waals surface area contributed by atoms with Gasteiger partial charge in [-0.25, -0.2) is 0 Å². The first-order valence-corrected chi connectivity index (χ1v) is 7.33. The highest BCUT2D eigenvalue weighted by molar-refractivity contribution is 5.42. The first kappa shape index (κ1) is 15.1. The molecular weight excluding hydrogens is 254 g/mol. The fraction of sp³-hybridized carbons (Fsp3) is 0.625. The van der Waals surface area contributed by atoms with Crippen LogP contribution in [0.4, 0.5) is 0 Å². The Bertz CT molecular complexity index is 416. The van der Waals surface area contributed by atoms with Gasteiger partial charge in [-0.2, -0.15) is 0 Å². The van der Waals surface area contributed by atoms with Crippen molar-refractivity contribution < 1.29 is 14.2 Å². The number of hydrogen-bond donors (Lipinski definition) is 1. The van der Waals surface area contributed by atoms with Crippen LogP contribution in [0.5, 0.6) is 11.5 Å². The van der Waals surface area contributed by atoms with E-state index in [1.54, 1.807) is 14.2 Å². The van der Waals surface area contributed by atoms with Gasteiger partial charge < -0.3 is 19.5 Å². The molecule has 0 aliphatic carbocycles. The lowest BCUT2D eigenvalue weighted by molar-refractivity contribution is 0.0389. The Morgan fingerprint density at radius 2 is 2.20 bits per heavy atom. The minimum Gasteiger partial charge on any atom is -0.497 e. The lowest BCUT2D eigenvalue weighted by Crippen LogP contribution is -2.33. The van der Waals surface area contributed by atoms with E-state index in [0.29, 0.717) is 5.92 Å². The third kappa shape index (κ3) is 3.44. The predicted octanol–water partition coefficient (Wildman–Crippen LogP) is 2.78. The zero-order chi connectivity index (χ0) is 14.4. The molecule has 1 aromatic carbocycles. The molecule has 1 fully saturated rings. The molecule has 4 nitrogen and oxygen atoms in total. The number of methoxy groups -OCH3 is 2. The van der Waals surface area contributed by atoms with E-state index in [0.717, 1.165) is 37.7 Å². The van der Waals surface area contributed by atoms with Crippen molar-refractivity contribution in [2.24, 2.45) is 5.92 Å². The molecule has 112 valence electrons. The van der Waals surface area contributed by atoms with Gasteiger partial charge in [-0.05, 0) is 25.5 Å². The Labute approximate surface area is 121 Å². The predicted molar refractivity (Wildman–Crippen MR) is 79.5 cm³/mol. The molecule has 0 spiro atoms. The van der Waals surface area contributed by atoms with E-state index in [1.165, 1.54) is 12.0 Å². The Balaban J connectivity index is 2.27. The smallest absolute Gasteiger partial charge is 0.127 e. The van der Waals surface area contributed by atoms with Gasteiger partial charge in [0.25, 0.3) is 0 Å². The molecule has 0 amide bonds. The Kier molecular flexibility index (Phi) is 5.68. The minimum absolute atomic E-state index is 0.265. The highest BCUT2D eigenvalue weighted by Gasteiger charge is 2.27. The minimum atomic E-state index is 0.265. The van der Waals surface area contributed by atoms with Crippen molar-refractivity contribution in [2.75, 3.05) is 34.0 Å². The average Bonchev–Trinajstić information content (AvgIpc) is 2.53. The molecule has 20 heavy (non-hydrogen) atoms. The van der Waals surface area contributed by atoms with E-state index in [1.807, 2.05) is 12.1 Å². The summed E-state index contributed by atoms with van der Waals surface area (Å²) in [6, 6.07) is 6.30. The Morgan fingerprint density at radius 1 is 1.35 bits per heavy atom. The molecule has 0 bridgehead atoms. The van der Waals surface area contributed by atoms with Crippen LogP contribution >= 0.6 is 0 Å². The monoisotopic (exact) mass is 279 g/mol. The van der Waals surface area contributed by atoms with Crippen LogP contribution in [-0.4, -0.2) is 34.0 Å². The second-order valence-electron chi connectivity index (χ2n) is 5.12. The fourth-order valence-corrected chi connectivity index (χ4v) is 2.85. The van der Waals surface area contributed by atoms with Crippen LogP contribution in [0.1, 0.15) is 31.4 Å². The van der Waals surface area contributed by atoms with E-state index < -0.39 is 0 Å². The molecule has 0 radical (unpaired) electrons. The summed E-state index contributed by atoms with van der Waals surface area (Å²) in [5, 5.41) is 3.58. The molecule has 1 heterocycles. The Hall–Kier alpha value is -1.26. The van der Waals surface area contributed by atoms with Crippen LogP contribution in [0.25, 0.3) is 0 Å². The molecule has 1 aromatic rings. The van der Waals surface area contributed by atoms with Crippen LogP contribution in [0.2, 0.25) is 0 Å². The topological polar surface area (TPSA) is 39.7 Å². The van der Waals surface area contributed by atoms with Crippen LogP contribution in [0.3, 0.4) is 0 Å². The van der Waals surface area contributed by atoms with Crippen molar-refractivity contribution in [1.82, 2.24) is 5.32 Å². The highest BCUT2D eigenvalue weighted by Crippen LogP contribution is 2.36. The van der Waals surface area contributed by atoms with E-state index in [2.05, 4.69) is 18.3 Å². The molecule has 1 N–H and O–H groups in total. The van der Waals surface area contributed by atoms with Crippen LogP contribution in [0, 0.1) is 5.92 Å². The van der Waals surface area contributed by atoms with Crippen molar-refractivity contribution >= 4 is 0 Å². The maximum atomic E-state index is 5.64. The maximum absolute atomic E-state index is 5.64. The van der Waals surface area contributed by atoms with Gasteiger partial charge in [0.15, 0.2) is 0 Å². The van der Waals surface area contributed by atoms with Gasteiger partial charge in [0.1, 0.15) is 11.5 Å². The van der Waals surface area contributed by atoms with E-state index >= 15 is 0 Å². The lowest BCUT2D eigenvalue weighted by atomic mass is 9.88. The number of nitrogens with one attached hydrogen (secondary N) is 1. The standard InChI is InChI=1S/C16H25NO3/c1-4-17-16(12-6-5-9-20-11-12)14-8-7-13(18-2)10-15(14)19-3/h7-8,10,12,16-17H,4-6,9,11H2,1-3H3. The average molecular weight is 279 g/mol. The quantitative estimate of drug-likeness (QED) is 0.869. The van der Waals surface area contributed by atoms with Gasteiger partial charge in [-0.15, -0.1) is 0 Å². The molecule has 0 aromatic heterocycles. The van der Waals surface area contributed by atoms with Crippen LogP contribution in [-0.2, 0) is 4.74 Å². The number of rotatable bonds is 6. The van der Waals surface area contributed by atoms with Crippen molar-refractivity contribution in [3.05, 3.63) is 23.8 Å². The van der Waals surface area contributed by atoms with E-state index in [9.17, 15) is 0 Å². The summed E-state index contributed by atoms with van der Waals surface area (Å²) in [5.74, 6) is 2.19. The molecule has 2 rings (SSSR count). The van der Waals surface area contributed by atoms with Crippen molar-refractivity contribution in [3.8, 4) is 11.5 Å². The molecule has 1 saturated heterocycles. The summed E-state index contributed by atoms with van der Waals surface area (Å²) in [6.45, 7) is 4.75. The zero-order valence-electron chi connectivity index (χ0n) is 12.6. The van der Waals surface area contributed by atoms with Gasteiger partial charge in [0, 0.05) is 30.2 Å². The fourth-order valence-electron chi connectivity index (χ4n) is 2.85. The number of hydrogen-bond acceptors (Lipinski definition) is 4. The van der Waals surface area contributed by atoms with Crippen molar-refractivity contribution in [1.29, 1.82) is 0 Å². The van der Waals surface area contributed by atoms with Crippen molar-refractivity contribution in [3.63, 3.8) is 0 Å². The van der Waals surface area contributed by atoms with Gasteiger partial charge in [-0.1, -0.05) is 13.0 Å². The molecule has 0 saturated carbocycles. The van der Waals surface area contributed by atoms with Gasteiger partial charge in [0.2, 0.25) is 0 Å². The summed E-state index contributed by atoms with van der Waals surface area (Å²) in [7, 11) is 3.38. The molecule has 2 unspecified atom stereocenters. The second kappa shape index (κ2) is 7.50. The molecule has 1 aliphatic rings. The maximum Gasteiger partial charge on any atom is 0.127 e. The summed E-state index contributed by atoms with van der Waals surface area (Å²) >= 11 is 0. The number of ether oxygens (including phenoxy) is 3. The molecule has 4 heteroatoms. The summed E-state index contributed by atoms with van der Waals surface area (Å²) in [4.78, 5) is 0. The number of benzene rings is 1. The Morgan fingerprint density at radius 3 is 2.80 bits per heavy atom. The van der Waals surface area contributed by atoms with Gasteiger partial charge in [-0.3, -0.25) is 0 Å². The third-order valence-electron chi connectivity index (χ3n) is 3.87. The van der Waals surface area contributed by atoms with Crippen LogP contribution in [0.15, 0.2) is 18.2 Å². The zero-order valence-corrected chi connectivity index (χ0v) is 12.6. The first-order valence-electron chi connectivity index (χ1n) is 7.33. The first-order chi connectivity index (χ1) is 9.80. The molecule has 1 aliphatic heterocycles. The van der Waals surface area contributed by atoms with Crippen molar-refractivity contribution in [2.45, 2.75) is 25.8 Å². The third-order valence-corrected chi connectivity index (χ3v) is 3.87. The summed E-state index contributed by atoms with van der Waals surface area (Å²) < 4.78 is 16.5. The van der Waals surface area contributed by atoms with E-state index in [4.69, 9.17) is 14.2 Å². The lowest BCUT2D eigenvalue weighted by Gasteiger charge is -2.32. The van der Waals surface area contributed by atoms with Crippen LogP contribution < -0.4 is 14.8 Å². The van der Waals surface area contributed by atoms with Gasteiger partial charge in [0.05, 0.1) is 20.8 Å². The van der Waals surface area contributed by atoms with Gasteiger partial charge >= 0.3 is 0 Å². The summed E-state index contributed by atoms with van der Waals surface area (Å²) in [5.41, 5.74) is 1.19. The highest BCUT2D eigenvalue weighted by atomic mass is 16.5. The van der Waals surface area contributed by atoms with E-state index in [-0.39, 0.29) is 6.04 Å². The second-order valence-corrected chi connectivity index (χ2v) is 5.12. The normalized spacial score (nSPS) is 20.4. The largest absolute Gasteiger partial charge is 0.497 e. The molecular formula is C16H25NO3. The molecule has 2 atom stereocenters.